The zero-order valence-electron chi connectivity index (χ0n) is 31.5. The molecule has 5 rings (SSSR count). The number of amides is 5. The molecule has 0 aromatic heterocycles. The summed E-state index contributed by atoms with van der Waals surface area (Å²) in [4.78, 5) is 69.8. The number of carbonyl (C=O) groups excluding carboxylic acids is 5. The van der Waals surface area contributed by atoms with E-state index in [1.807, 2.05) is 13.8 Å². The molecule has 3 aliphatic carbocycles. The molecule has 2 saturated heterocycles. The van der Waals surface area contributed by atoms with Crippen LogP contribution in [-0.4, -0.2) is 95.5 Å². The predicted octanol–water partition coefficient (Wildman–Crippen LogP) is 4.16. The van der Waals surface area contributed by atoms with Gasteiger partial charge in [-0.05, 0) is 89.4 Å². The quantitative estimate of drug-likeness (QED) is 0.283. The Bertz CT molecular complexity index is 1500. The summed E-state index contributed by atoms with van der Waals surface area (Å²) in [6.07, 6.45) is 4.66. The maximum atomic E-state index is 15.1. The van der Waals surface area contributed by atoms with E-state index in [-0.39, 0.29) is 61.3 Å². The summed E-state index contributed by atoms with van der Waals surface area (Å²) in [5.74, 6) is -6.30. The van der Waals surface area contributed by atoms with Crippen LogP contribution in [-0.2, 0) is 29.0 Å². The smallest absolute Gasteiger partial charge is 0.315 e. The number of piperidine rings is 1. The lowest BCUT2D eigenvalue weighted by Crippen LogP contribution is -2.62. The highest BCUT2D eigenvalue weighted by molar-refractivity contribution is 7.92. The van der Waals surface area contributed by atoms with Crippen molar-refractivity contribution in [1.82, 2.24) is 26.2 Å². The minimum absolute atomic E-state index is 0.0338. The fourth-order valence-electron chi connectivity index (χ4n) is 8.59. The van der Waals surface area contributed by atoms with Gasteiger partial charge in [-0.2, -0.15) is 0 Å². The van der Waals surface area contributed by atoms with Gasteiger partial charge in [0, 0.05) is 25.4 Å². The topological polar surface area (TPSA) is 171 Å². The highest BCUT2D eigenvalue weighted by atomic mass is 32.2. The first-order valence-electron chi connectivity index (χ1n) is 19.3. The van der Waals surface area contributed by atoms with Gasteiger partial charge in [0.1, 0.15) is 12.1 Å². The van der Waals surface area contributed by atoms with Crippen LogP contribution in [0.1, 0.15) is 131 Å². The zero-order valence-corrected chi connectivity index (χ0v) is 32.3. The molecule has 2 aliphatic heterocycles. The summed E-state index contributed by atoms with van der Waals surface area (Å²) in [6.45, 7) is 9.05. The molecule has 0 bridgehead atoms. The van der Waals surface area contributed by atoms with Gasteiger partial charge in [0.15, 0.2) is 9.84 Å². The Morgan fingerprint density at radius 1 is 0.865 bits per heavy atom. The Hall–Kier alpha value is -2.84. The summed E-state index contributed by atoms with van der Waals surface area (Å²) >= 11 is 0. The monoisotopic (exact) mass is 755 g/mol. The second kappa shape index (κ2) is 15.1. The highest BCUT2D eigenvalue weighted by Gasteiger charge is 2.69. The molecule has 0 aromatic rings. The highest BCUT2D eigenvalue weighted by Crippen LogP contribution is 2.65. The first-order valence-corrected chi connectivity index (χ1v) is 21.0. The molecule has 0 aromatic carbocycles. The molecule has 2 heterocycles. The first kappa shape index (κ1) is 40.3. The molecule has 4 N–H and O–H groups in total. The third-order valence-electron chi connectivity index (χ3n) is 12.3. The number of halogens is 2. The second-order valence-corrected chi connectivity index (χ2v) is 20.5. The molecule has 12 nitrogen and oxygen atoms in total. The van der Waals surface area contributed by atoms with Crippen LogP contribution < -0.4 is 21.3 Å². The van der Waals surface area contributed by atoms with Gasteiger partial charge in [-0.1, -0.05) is 46.0 Å². The number of hydrogen-bond acceptors (Lipinski definition) is 7. The Kier molecular flexibility index (Phi) is 11.7. The lowest BCUT2D eigenvalue weighted by Gasteiger charge is -2.40. The molecule has 0 spiro atoms. The van der Waals surface area contributed by atoms with Gasteiger partial charge in [-0.15, -0.1) is 0 Å². The van der Waals surface area contributed by atoms with E-state index in [0.717, 1.165) is 19.3 Å². The van der Waals surface area contributed by atoms with Crippen molar-refractivity contribution in [2.45, 2.75) is 171 Å². The van der Waals surface area contributed by atoms with Crippen molar-refractivity contribution < 1.29 is 41.2 Å². The Balaban J connectivity index is 1.40. The maximum absolute atomic E-state index is 15.1. The van der Waals surface area contributed by atoms with Crippen molar-refractivity contribution in [2.75, 3.05) is 12.3 Å². The van der Waals surface area contributed by atoms with Gasteiger partial charge >= 0.3 is 6.03 Å². The largest absolute Gasteiger partial charge is 0.347 e. The van der Waals surface area contributed by atoms with E-state index in [2.05, 4.69) is 21.3 Å². The van der Waals surface area contributed by atoms with Gasteiger partial charge in [-0.3, -0.25) is 19.2 Å². The number of rotatable bonds is 7. The molecular formula is C37H59F2N5O7S. The molecule has 15 heteroatoms. The van der Waals surface area contributed by atoms with Crippen LogP contribution in [0, 0.1) is 17.3 Å². The lowest BCUT2D eigenvalue weighted by molar-refractivity contribution is -0.144. The van der Waals surface area contributed by atoms with Crippen LogP contribution in [0.15, 0.2) is 0 Å². The van der Waals surface area contributed by atoms with Crippen LogP contribution in [0.2, 0.25) is 0 Å². The molecule has 3 saturated carbocycles. The van der Waals surface area contributed by atoms with E-state index in [1.54, 1.807) is 20.8 Å². The Morgan fingerprint density at radius 2 is 1.48 bits per heavy atom. The van der Waals surface area contributed by atoms with Crippen LogP contribution in [0.25, 0.3) is 0 Å². The third kappa shape index (κ3) is 9.26. The first-order chi connectivity index (χ1) is 24.2. The van der Waals surface area contributed by atoms with Crippen molar-refractivity contribution in [3.8, 4) is 0 Å². The SMILES string of the molecule is CC1(C)[C@@H]2[C@H]3C(=O)N[C@H](C(=O)C(=O)NC4CC4)CCCCCC(F)(F)CCC[C@H](NC(=O)NC4(CS(=O)(=O)C(C)(C)C)CCCCC4)C(=O)N3C[C@@H]21. The molecule has 5 atom stereocenters. The number of fused-ring (bicyclic) bond motifs is 3. The summed E-state index contributed by atoms with van der Waals surface area (Å²) < 4.78 is 55.7. The number of ketones is 1. The average molecular weight is 756 g/mol. The minimum Gasteiger partial charge on any atom is -0.347 e. The Morgan fingerprint density at radius 3 is 2.12 bits per heavy atom. The minimum atomic E-state index is -3.64. The van der Waals surface area contributed by atoms with E-state index in [9.17, 15) is 32.4 Å². The summed E-state index contributed by atoms with van der Waals surface area (Å²) in [5, 5.41) is 11.1. The van der Waals surface area contributed by atoms with E-state index < -0.39 is 86.5 Å². The Labute approximate surface area is 307 Å². The number of sulfone groups is 1. The van der Waals surface area contributed by atoms with Gasteiger partial charge in [0.05, 0.1) is 22.1 Å². The number of Topliss-reactive ketones (excluding diaryl/α,β-unsaturated/α-hetero) is 1. The summed E-state index contributed by atoms with van der Waals surface area (Å²) in [7, 11) is -3.64. The molecular weight excluding hydrogens is 696 g/mol. The van der Waals surface area contributed by atoms with Crippen molar-refractivity contribution in [3.05, 3.63) is 0 Å². The zero-order chi connectivity index (χ0) is 38.3. The van der Waals surface area contributed by atoms with Gasteiger partial charge in [0.2, 0.25) is 23.5 Å². The van der Waals surface area contributed by atoms with E-state index >= 15 is 8.78 Å². The molecule has 5 amide bonds. The number of hydrogen-bond donors (Lipinski definition) is 4. The van der Waals surface area contributed by atoms with E-state index in [0.29, 0.717) is 38.5 Å². The lowest BCUT2D eigenvalue weighted by atomic mass is 9.83. The molecule has 0 radical (unpaired) electrons. The fourth-order valence-corrected chi connectivity index (χ4v) is 10.1. The number of nitrogens with zero attached hydrogens (tertiary/aromatic N) is 1. The molecule has 0 unspecified atom stereocenters. The molecule has 294 valence electrons. The van der Waals surface area contributed by atoms with Crippen LogP contribution >= 0.6 is 0 Å². The fraction of sp³-hybridized carbons (Fsp3) is 0.865. The third-order valence-corrected chi connectivity index (χ3v) is 15.1. The molecule has 52 heavy (non-hydrogen) atoms. The van der Waals surface area contributed by atoms with E-state index in [4.69, 9.17) is 0 Å². The van der Waals surface area contributed by atoms with Gasteiger partial charge in [-0.25, -0.2) is 22.0 Å². The molecule has 5 fully saturated rings. The average Bonchev–Trinajstić information content (AvgIpc) is 3.89. The van der Waals surface area contributed by atoms with Crippen molar-refractivity contribution in [1.29, 1.82) is 0 Å². The van der Waals surface area contributed by atoms with Crippen molar-refractivity contribution in [2.24, 2.45) is 17.3 Å². The summed E-state index contributed by atoms with van der Waals surface area (Å²) in [5.41, 5.74) is -1.34. The second-order valence-electron chi connectivity index (χ2n) is 17.8. The summed E-state index contributed by atoms with van der Waals surface area (Å²) in [6, 6.07) is -4.26. The number of urea groups is 1. The predicted molar refractivity (Wildman–Crippen MR) is 191 cm³/mol. The normalized spacial score (nSPS) is 31.0. The van der Waals surface area contributed by atoms with Crippen molar-refractivity contribution >= 4 is 39.4 Å². The molecule has 5 aliphatic rings. The standard InChI is InChI=1S/C37H59F2N5O7S/c1-34(2,3)52(50,51)22-36(17-9-7-10-18-36)43-33(49)42-26-14-12-20-37(38,39)19-11-6-8-13-25(29(45)31(47)40-23-15-16-23)41-30(46)28-27-24(35(27,4)5)21-44(28)32(26)48/h23-28H,6-22H2,1-5H3,(H,40,47)(H,41,46)(H2,42,43,49)/t24-,25-,26-,27-,28-/m0/s1. The van der Waals surface area contributed by atoms with Gasteiger partial charge < -0.3 is 26.2 Å². The van der Waals surface area contributed by atoms with Gasteiger partial charge in [0.25, 0.3) is 5.91 Å². The number of carbonyl (C=O) groups is 5. The maximum Gasteiger partial charge on any atom is 0.315 e. The van der Waals surface area contributed by atoms with Crippen LogP contribution in [0.4, 0.5) is 13.6 Å². The number of alkyl halides is 2. The van der Waals surface area contributed by atoms with Crippen LogP contribution in [0.5, 0.6) is 0 Å². The van der Waals surface area contributed by atoms with Crippen molar-refractivity contribution in [3.63, 3.8) is 0 Å². The van der Waals surface area contributed by atoms with Crippen LogP contribution in [0.3, 0.4) is 0 Å². The van der Waals surface area contributed by atoms with E-state index in [1.165, 1.54) is 4.90 Å². The number of nitrogens with one attached hydrogen (secondary N) is 4.